The molecule has 0 bridgehead atoms. The van der Waals surface area contributed by atoms with Crippen LogP contribution in [0.1, 0.15) is 62.1 Å². The van der Waals surface area contributed by atoms with Crippen molar-refractivity contribution in [1.29, 1.82) is 0 Å². The fraction of sp³-hybridized carbons (Fsp3) is 0.524. The second-order valence-corrected chi connectivity index (χ2v) is 7.26. The Bertz CT molecular complexity index is 832. The van der Waals surface area contributed by atoms with E-state index >= 15 is 0 Å². The number of H-pyrrole nitrogens is 1. The monoisotopic (exact) mass is 340 g/mol. The lowest BCUT2D eigenvalue weighted by atomic mass is 9.93. The molecule has 1 aliphatic rings. The molecule has 1 fully saturated rings. The molecule has 0 unspecified atom stereocenters. The van der Waals surface area contributed by atoms with E-state index in [2.05, 4.69) is 11.1 Å². The van der Waals surface area contributed by atoms with Gasteiger partial charge in [0.05, 0.1) is 12.1 Å². The highest BCUT2D eigenvalue weighted by atomic mass is 16.2. The number of hydrogen-bond donors (Lipinski definition) is 1. The molecule has 0 radical (unpaired) electrons. The van der Waals surface area contributed by atoms with Gasteiger partial charge in [-0.05, 0) is 49.3 Å². The number of hydrogen-bond acceptors (Lipinski definition) is 2. The van der Waals surface area contributed by atoms with Gasteiger partial charge in [0.15, 0.2) is 0 Å². The average Bonchev–Trinajstić information content (AvgIpc) is 2.64. The summed E-state index contributed by atoms with van der Waals surface area (Å²) in [6.07, 6.45) is 6.18. The third kappa shape index (κ3) is 3.63. The van der Waals surface area contributed by atoms with Gasteiger partial charge in [-0.1, -0.05) is 38.3 Å². The highest BCUT2D eigenvalue weighted by Crippen LogP contribution is 2.25. The second-order valence-electron chi connectivity index (χ2n) is 7.26. The number of aromatic nitrogens is 1. The first-order valence-corrected chi connectivity index (χ1v) is 9.43. The molecule has 1 amide bonds. The van der Waals surface area contributed by atoms with Crippen molar-refractivity contribution in [2.75, 3.05) is 0 Å². The minimum atomic E-state index is -0.0779. The minimum absolute atomic E-state index is 0.0779. The van der Waals surface area contributed by atoms with E-state index in [1.165, 1.54) is 24.8 Å². The predicted molar refractivity (Wildman–Crippen MR) is 102 cm³/mol. The zero-order valence-electron chi connectivity index (χ0n) is 15.5. The van der Waals surface area contributed by atoms with Gasteiger partial charge in [0.1, 0.15) is 0 Å². The Kier molecular flexibility index (Phi) is 5.26. The van der Waals surface area contributed by atoms with E-state index in [1.54, 1.807) is 0 Å². The fourth-order valence-electron chi connectivity index (χ4n) is 3.89. The smallest absolute Gasteiger partial charge is 0.253 e. The molecule has 1 aromatic carbocycles. The highest BCUT2D eigenvalue weighted by molar-refractivity contribution is 5.83. The van der Waals surface area contributed by atoms with Crippen LogP contribution in [0.2, 0.25) is 0 Å². The average molecular weight is 340 g/mol. The number of aromatic amines is 1. The summed E-state index contributed by atoms with van der Waals surface area (Å²) in [6.45, 7) is 6.39. The third-order valence-electron chi connectivity index (χ3n) is 5.61. The molecule has 0 spiro atoms. The van der Waals surface area contributed by atoms with Gasteiger partial charge in [0.25, 0.3) is 5.56 Å². The molecule has 2 aromatic rings. The lowest BCUT2D eigenvalue weighted by Gasteiger charge is -2.34. The van der Waals surface area contributed by atoms with Crippen molar-refractivity contribution in [2.45, 2.75) is 71.9 Å². The van der Waals surface area contributed by atoms with Crippen LogP contribution in [0.3, 0.4) is 0 Å². The van der Waals surface area contributed by atoms with E-state index in [4.69, 9.17) is 0 Å². The number of benzene rings is 1. The fourth-order valence-corrected chi connectivity index (χ4v) is 3.89. The van der Waals surface area contributed by atoms with Crippen LogP contribution in [0, 0.1) is 13.8 Å². The SMILES string of the molecule is CCC(=O)N(Cc1cc2ccc(C)c(C)c2[nH]c1=O)C1CCCCC1. The molecule has 1 aromatic heterocycles. The van der Waals surface area contributed by atoms with E-state index in [0.717, 1.165) is 29.3 Å². The molecule has 1 aliphatic carbocycles. The van der Waals surface area contributed by atoms with Crippen LogP contribution in [0.5, 0.6) is 0 Å². The minimum Gasteiger partial charge on any atom is -0.335 e. The zero-order chi connectivity index (χ0) is 18.0. The number of amides is 1. The van der Waals surface area contributed by atoms with Gasteiger partial charge in [-0.2, -0.15) is 0 Å². The van der Waals surface area contributed by atoms with Crippen molar-refractivity contribution in [3.8, 4) is 0 Å². The van der Waals surface area contributed by atoms with Crippen LogP contribution in [-0.4, -0.2) is 21.8 Å². The summed E-state index contributed by atoms with van der Waals surface area (Å²) in [6, 6.07) is 6.36. The number of aryl methyl sites for hydroxylation is 2. The molecule has 134 valence electrons. The van der Waals surface area contributed by atoms with Crippen LogP contribution < -0.4 is 5.56 Å². The molecule has 1 saturated carbocycles. The van der Waals surface area contributed by atoms with Gasteiger partial charge < -0.3 is 9.88 Å². The molecular formula is C21H28N2O2. The van der Waals surface area contributed by atoms with Crippen molar-refractivity contribution in [3.63, 3.8) is 0 Å². The normalized spacial score (nSPS) is 15.5. The zero-order valence-corrected chi connectivity index (χ0v) is 15.5. The van der Waals surface area contributed by atoms with Crippen molar-refractivity contribution in [3.05, 3.63) is 45.2 Å². The number of rotatable bonds is 4. The number of nitrogens with one attached hydrogen (secondary N) is 1. The lowest BCUT2D eigenvalue weighted by Crippen LogP contribution is -2.41. The topological polar surface area (TPSA) is 53.2 Å². The Morgan fingerprint density at radius 3 is 2.60 bits per heavy atom. The van der Waals surface area contributed by atoms with Gasteiger partial charge in [-0.3, -0.25) is 9.59 Å². The van der Waals surface area contributed by atoms with Crippen LogP contribution in [-0.2, 0) is 11.3 Å². The van der Waals surface area contributed by atoms with Gasteiger partial charge in [-0.25, -0.2) is 0 Å². The Hall–Kier alpha value is -2.10. The summed E-state index contributed by atoms with van der Waals surface area (Å²) in [4.78, 5) is 30.1. The van der Waals surface area contributed by atoms with Crippen molar-refractivity contribution < 1.29 is 4.79 Å². The van der Waals surface area contributed by atoms with Gasteiger partial charge in [0.2, 0.25) is 5.91 Å². The van der Waals surface area contributed by atoms with Crippen LogP contribution in [0.4, 0.5) is 0 Å². The van der Waals surface area contributed by atoms with E-state index in [0.29, 0.717) is 18.5 Å². The number of nitrogens with zero attached hydrogens (tertiary/aromatic N) is 1. The number of pyridine rings is 1. The molecule has 0 atom stereocenters. The predicted octanol–water partition coefficient (Wildman–Crippen LogP) is 4.22. The number of carbonyl (C=O) groups excluding carboxylic acids is 1. The first-order chi connectivity index (χ1) is 12.0. The molecule has 1 heterocycles. The lowest BCUT2D eigenvalue weighted by molar-refractivity contribution is -0.134. The van der Waals surface area contributed by atoms with E-state index in [1.807, 2.05) is 37.8 Å². The summed E-state index contributed by atoms with van der Waals surface area (Å²) in [5.41, 5.74) is 3.78. The first-order valence-electron chi connectivity index (χ1n) is 9.43. The Morgan fingerprint density at radius 2 is 1.92 bits per heavy atom. The second kappa shape index (κ2) is 7.42. The quantitative estimate of drug-likeness (QED) is 0.906. The molecule has 1 N–H and O–H groups in total. The maximum absolute atomic E-state index is 12.6. The van der Waals surface area contributed by atoms with Crippen molar-refractivity contribution in [1.82, 2.24) is 9.88 Å². The van der Waals surface area contributed by atoms with Gasteiger partial charge in [0, 0.05) is 18.0 Å². The number of fused-ring (bicyclic) bond motifs is 1. The van der Waals surface area contributed by atoms with E-state index < -0.39 is 0 Å². The summed E-state index contributed by atoms with van der Waals surface area (Å²) in [5.74, 6) is 0.145. The molecular weight excluding hydrogens is 312 g/mol. The standard InChI is InChI=1S/C21H28N2O2/c1-4-19(24)23(18-8-6-5-7-9-18)13-17-12-16-11-10-14(2)15(3)20(16)22-21(17)25/h10-12,18H,4-9,13H2,1-3H3,(H,22,25). The molecule has 3 rings (SSSR count). The van der Waals surface area contributed by atoms with Crippen LogP contribution in [0.15, 0.2) is 23.0 Å². The number of carbonyl (C=O) groups is 1. The summed E-state index contributed by atoms with van der Waals surface area (Å²) < 4.78 is 0. The molecule has 25 heavy (non-hydrogen) atoms. The highest BCUT2D eigenvalue weighted by Gasteiger charge is 2.25. The molecule has 0 aliphatic heterocycles. The van der Waals surface area contributed by atoms with E-state index in [-0.39, 0.29) is 17.5 Å². The molecule has 4 nitrogen and oxygen atoms in total. The van der Waals surface area contributed by atoms with Crippen LogP contribution >= 0.6 is 0 Å². The molecule has 4 heteroatoms. The Labute approximate surface area is 149 Å². The van der Waals surface area contributed by atoms with Crippen LogP contribution in [0.25, 0.3) is 10.9 Å². The summed E-state index contributed by atoms with van der Waals surface area (Å²) in [5, 5.41) is 1.03. The van der Waals surface area contributed by atoms with Gasteiger partial charge >= 0.3 is 0 Å². The summed E-state index contributed by atoms with van der Waals surface area (Å²) >= 11 is 0. The maximum atomic E-state index is 12.6. The Morgan fingerprint density at radius 1 is 1.20 bits per heavy atom. The largest absolute Gasteiger partial charge is 0.335 e. The third-order valence-corrected chi connectivity index (χ3v) is 5.61. The first kappa shape index (κ1) is 17.7. The van der Waals surface area contributed by atoms with Crippen molar-refractivity contribution >= 4 is 16.8 Å². The van der Waals surface area contributed by atoms with E-state index in [9.17, 15) is 9.59 Å². The summed E-state index contributed by atoms with van der Waals surface area (Å²) in [7, 11) is 0. The maximum Gasteiger partial charge on any atom is 0.253 e. The van der Waals surface area contributed by atoms with Gasteiger partial charge in [-0.15, -0.1) is 0 Å². The molecule has 0 saturated heterocycles. The van der Waals surface area contributed by atoms with Crippen molar-refractivity contribution in [2.24, 2.45) is 0 Å². The Balaban J connectivity index is 1.96.